The van der Waals surface area contributed by atoms with Gasteiger partial charge in [0.15, 0.2) is 0 Å². The van der Waals surface area contributed by atoms with Crippen LogP contribution in [0.3, 0.4) is 0 Å². The van der Waals surface area contributed by atoms with Gasteiger partial charge < -0.3 is 10.1 Å². The van der Waals surface area contributed by atoms with Crippen LogP contribution in [0.5, 0.6) is 0 Å². The van der Waals surface area contributed by atoms with E-state index in [4.69, 9.17) is 4.74 Å². The summed E-state index contributed by atoms with van der Waals surface area (Å²) in [6, 6.07) is 11.3. The fourth-order valence-electron chi connectivity index (χ4n) is 3.01. The van der Waals surface area contributed by atoms with Gasteiger partial charge in [-0.25, -0.2) is 14.8 Å². The van der Waals surface area contributed by atoms with Gasteiger partial charge in [0.25, 0.3) is 0 Å². The van der Waals surface area contributed by atoms with Crippen LogP contribution in [0.15, 0.2) is 55.0 Å². The number of anilines is 2. The minimum absolute atomic E-state index is 0.337. The van der Waals surface area contributed by atoms with Crippen LogP contribution in [0, 0.1) is 11.8 Å². The van der Waals surface area contributed by atoms with E-state index in [1.54, 1.807) is 25.5 Å². The lowest BCUT2D eigenvalue weighted by atomic mass is 9.90. The number of benzene rings is 1. The number of hydrogen-bond acceptors (Lipinski definition) is 6. The highest BCUT2D eigenvalue weighted by atomic mass is 16.5. The molecule has 1 atom stereocenters. The summed E-state index contributed by atoms with van der Waals surface area (Å²) in [5.41, 5.74) is 4.12. The molecular formula is C24H28N4O2. The van der Waals surface area contributed by atoms with Crippen molar-refractivity contribution >= 4 is 17.6 Å². The molecule has 2 aromatic heterocycles. The molecule has 0 aliphatic rings. The van der Waals surface area contributed by atoms with Crippen LogP contribution < -0.4 is 5.32 Å². The van der Waals surface area contributed by atoms with Gasteiger partial charge in [0.1, 0.15) is 0 Å². The van der Waals surface area contributed by atoms with Crippen molar-refractivity contribution in [3.63, 3.8) is 0 Å². The maximum absolute atomic E-state index is 12.2. The molecule has 1 N–H and O–H groups in total. The Morgan fingerprint density at radius 3 is 2.67 bits per heavy atom. The molecule has 1 aromatic carbocycles. The van der Waals surface area contributed by atoms with E-state index in [1.807, 2.05) is 36.4 Å². The molecule has 0 radical (unpaired) electrons. The van der Waals surface area contributed by atoms with E-state index in [0.29, 0.717) is 30.0 Å². The second-order valence-electron chi connectivity index (χ2n) is 7.65. The van der Waals surface area contributed by atoms with Crippen molar-refractivity contribution in [2.24, 2.45) is 11.8 Å². The van der Waals surface area contributed by atoms with E-state index in [9.17, 15) is 4.79 Å². The van der Waals surface area contributed by atoms with E-state index in [2.05, 4.69) is 41.0 Å². The third kappa shape index (κ3) is 5.41. The van der Waals surface area contributed by atoms with Gasteiger partial charge in [-0.2, -0.15) is 0 Å². The molecule has 156 valence electrons. The summed E-state index contributed by atoms with van der Waals surface area (Å²) in [5, 5.41) is 3.31. The number of pyridine rings is 1. The summed E-state index contributed by atoms with van der Waals surface area (Å²) in [6.45, 7) is 8.79. The Balaban J connectivity index is 1.94. The molecule has 2 heterocycles. The van der Waals surface area contributed by atoms with Gasteiger partial charge in [-0.3, -0.25) is 4.98 Å². The Bertz CT molecular complexity index is 990. The van der Waals surface area contributed by atoms with Crippen LogP contribution in [0.1, 0.15) is 43.6 Å². The quantitative estimate of drug-likeness (QED) is 0.514. The van der Waals surface area contributed by atoms with Crippen LogP contribution in [0.2, 0.25) is 0 Å². The molecule has 0 aliphatic heterocycles. The van der Waals surface area contributed by atoms with Gasteiger partial charge in [-0.1, -0.05) is 26.8 Å². The zero-order chi connectivity index (χ0) is 21.5. The highest BCUT2D eigenvalue weighted by Gasteiger charge is 2.15. The summed E-state index contributed by atoms with van der Waals surface area (Å²) >= 11 is 0. The maximum atomic E-state index is 12.2. The molecule has 0 bridgehead atoms. The molecule has 0 saturated heterocycles. The third-order valence-electron chi connectivity index (χ3n) is 5.16. The smallest absolute Gasteiger partial charge is 0.338 e. The normalized spacial score (nSPS) is 11.9. The van der Waals surface area contributed by atoms with Gasteiger partial charge >= 0.3 is 5.97 Å². The molecule has 0 fully saturated rings. The molecule has 0 spiro atoms. The average Bonchev–Trinajstić information content (AvgIpc) is 2.75. The van der Waals surface area contributed by atoms with E-state index >= 15 is 0 Å². The van der Waals surface area contributed by atoms with Crippen LogP contribution in [-0.2, 0) is 11.2 Å². The maximum Gasteiger partial charge on any atom is 0.338 e. The summed E-state index contributed by atoms with van der Waals surface area (Å²) in [5.74, 6) is 1.17. The van der Waals surface area contributed by atoms with Crippen LogP contribution >= 0.6 is 0 Å². The zero-order valence-electron chi connectivity index (χ0n) is 17.9. The molecule has 3 aromatic rings. The largest absolute Gasteiger partial charge is 0.462 e. The number of rotatable bonds is 8. The Kier molecular flexibility index (Phi) is 7.12. The topological polar surface area (TPSA) is 77.0 Å². The molecule has 0 saturated carbocycles. The van der Waals surface area contributed by atoms with E-state index in [-0.39, 0.29) is 5.97 Å². The number of nitrogens with one attached hydrogen (secondary N) is 1. The summed E-state index contributed by atoms with van der Waals surface area (Å²) < 4.78 is 5.16. The highest BCUT2D eigenvalue weighted by molar-refractivity contribution is 5.91. The minimum Gasteiger partial charge on any atom is -0.462 e. The van der Waals surface area contributed by atoms with Gasteiger partial charge in [0.05, 0.1) is 17.9 Å². The van der Waals surface area contributed by atoms with Crippen molar-refractivity contribution in [2.75, 3.05) is 11.9 Å². The first-order chi connectivity index (χ1) is 14.5. The number of aromatic nitrogens is 3. The summed E-state index contributed by atoms with van der Waals surface area (Å²) in [4.78, 5) is 25.4. The summed E-state index contributed by atoms with van der Waals surface area (Å²) in [6.07, 6.45) is 6.09. The predicted octanol–water partition coefficient (Wildman–Crippen LogP) is 5.29. The fraction of sp³-hybridized carbons (Fsp3) is 0.333. The average molecular weight is 405 g/mol. The van der Waals surface area contributed by atoms with Gasteiger partial charge in [0.2, 0.25) is 5.95 Å². The van der Waals surface area contributed by atoms with Crippen LogP contribution in [0.4, 0.5) is 11.6 Å². The van der Waals surface area contributed by atoms with Crippen molar-refractivity contribution in [2.45, 2.75) is 34.1 Å². The van der Waals surface area contributed by atoms with Crippen LogP contribution in [-0.4, -0.2) is 27.5 Å². The molecule has 0 amide bonds. The molecule has 6 heteroatoms. The number of esters is 1. The first kappa shape index (κ1) is 21.4. The number of hydrogen-bond donors (Lipinski definition) is 1. The lowest BCUT2D eigenvalue weighted by molar-refractivity contribution is 0.0526. The standard InChI is InChI=1S/C24H28N4O2/c1-5-30-23(29)19-9-8-18(13-17(4)16(2)3)22(14-19)28-24-26-12-10-21(27-24)20-7-6-11-25-15-20/h6-12,14-17H,5,13H2,1-4H3,(H,26,27,28). The van der Waals surface area contributed by atoms with Gasteiger partial charge in [-0.15, -0.1) is 0 Å². The number of ether oxygens (including phenoxy) is 1. The first-order valence-electron chi connectivity index (χ1n) is 10.3. The monoisotopic (exact) mass is 404 g/mol. The van der Waals surface area contributed by atoms with E-state index < -0.39 is 0 Å². The van der Waals surface area contributed by atoms with Gasteiger partial charge in [-0.05, 0) is 61.1 Å². The van der Waals surface area contributed by atoms with Crippen molar-refractivity contribution in [3.8, 4) is 11.3 Å². The lowest BCUT2D eigenvalue weighted by Crippen LogP contribution is -2.11. The molecule has 1 unspecified atom stereocenters. The highest BCUT2D eigenvalue weighted by Crippen LogP contribution is 2.27. The second kappa shape index (κ2) is 9.96. The molecule has 6 nitrogen and oxygen atoms in total. The Hall–Kier alpha value is -3.28. The van der Waals surface area contributed by atoms with Crippen molar-refractivity contribution in [1.29, 1.82) is 0 Å². The Morgan fingerprint density at radius 2 is 1.97 bits per heavy atom. The SMILES string of the molecule is CCOC(=O)c1ccc(CC(C)C(C)C)c(Nc2nccc(-c3cccnc3)n2)c1. The first-order valence-corrected chi connectivity index (χ1v) is 10.3. The molecular weight excluding hydrogens is 376 g/mol. The van der Waals surface area contributed by atoms with Crippen LogP contribution in [0.25, 0.3) is 11.3 Å². The summed E-state index contributed by atoms with van der Waals surface area (Å²) in [7, 11) is 0. The van der Waals surface area contributed by atoms with E-state index in [0.717, 1.165) is 28.9 Å². The zero-order valence-corrected chi connectivity index (χ0v) is 17.9. The molecule has 3 rings (SSSR count). The second-order valence-corrected chi connectivity index (χ2v) is 7.65. The molecule has 0 aliphatic carbocycles. The van der Waals surface area contributed by atoms with Crippen molar-refractivity contribution in [1.82, 2.24) is 15.0 Å². The predicted molar refractivity (Wildman–Crippen MR) is 119 cm³/mol. The molecule has 30 heavy (non-hydrogen) atoms. The minimum atomic E-state index is -0.339. The third-order valence-corrected chi connectivity index (χ3v) is 5.16. The lowest BCUT2D eigenvalue weighted by Gasteiger charge is -2.19. The van der Waals surface area contributed by atoms with E-state index in [1.165, 1.54) is 0 Å². The fourth-order valence-corrected chi connectivity index (χ4v) is 3.01. The Morgan fingerprint density at radius 1 is 1.13 bits per heavy atom. The number of carbonyl (C=O) groups is 1. The van der Waals surface area contributed by atoms with Crippen molar-refractivity contribution in [3.05, 3.63) is 66.1 Å². The number of carbonyl (C=O) groups excluding carboxylic acids is 1. The number of nitrogens with zero attached hydrogens (tertiary/aromatic N) is 3. The van der Waals surface area contributed by atoms with Crippen molar-refractivity contribution < 1.29 is 9.53 Å². The van der Waals surface area contributed by atoms with Gasteiger partial charge in [0, 0.05) is 29.8 Å². The Labute approximate surface area is 177 Å².